The van der Waals surface area contributed by atoms with E-state index in [0.717, 1.165) is 6.07 Å². The van der Waals surface area contributed by atoms with Crippen molar-refractivity contribution in [2.75, 3.05) is 0 Å². The molecule has 0 aliphatic heterocycles. The summed E-state index contributed by atoms with van der Waals surface area (Å²) in [5.74, 6) is -2.23. The normalized spacial score (nSPS) is 9.17. The Hall–Kier alpha value is -2.14. The minimum absolute atomic E-state index is 0.0111. The van der Waals surface area contributed by atoms with E-state index in [2.05, 4.69) is 0 Å². The lowest BCUT2D eigenvalue weighted by Crippen LogP contribution is -2.03. The summed E-state index contributed by atoms with van der Waals surface area (Å²) in [7, 11) is 0. The number of aromatic carboxylic acids is 2. The van der Waals surface area contributed by atoms with Crippen molar-refractivity contribution in [3.05, 3.63) is 57.8 Å². The maximum Gasteiger partial charge on any atom is 0.335 e. The molecule has 0 saturated carbocycles. The Labute approximate surface area is 108 Å². The van der Waals surface area contributed by atoms with Crippen molar-refractivity contribution in [1.82, 2.24) is 0 Å². The Kier molecular flexibility index (Phi) is 5.07. The number of carbonyl (C=O) groups is 2. The Bertz CT molecular complexity index is 515. The highest BCUT2D eigenvalue weighted by molar-refractivity contribution is 7.07. The van der Waals surface area contributed by atoms with E-state index in [1.807, 2.05) is 22.9 Å². The molecule has 0 unspecified atom stereocenters. The number of aryl methyl sites for hydroxylation is 1. The highest BCUT2D eigenvalue weighted by Gasteiger charge is 2.10. The van der Waals surface area contributed by atoms with Crippen LogP contribution in [0.4, 0.5) is 0 Å². The zero-order valence-electron chi connectivity index (χ0n) is 9.66. The maximum atomic E-state index is 10.6. The third-order valence-corrected chi connectivity index (χ3v) is 2.77. The highest BCUT2D eigenvalue weighted by Crippen LogP contribution is 2.11. The second-order valence-electron chi connectivity index (χ2n) is 3.43. The van der Waals surface area contributed by atoms with E-state index in [1.54, 1.807) is 18.3 Å². The van der Waals surface area contributed by atoms with Gasteiger partial charge in [0.2, 0.25) is 0 Å². The van der Waals surface area contributed by atoms with Crippen LogP contribution < -0.4 is 0 Å². The van der Waals surface area contributed by atoms with Gasteiger partial charge in [0.15, 0.2) is 0 Å². The summed E-state index contributed by atoms with van der Waals surface area (Å²) in [5.41, 5.74) is 0.570. The molecule has 0 radical (unpaired) electrons. The zero-order valence-corrected chi connectivity index (χ0v) is 10.5. The topological polar surface area (TPSA) is 74.6 Å². The molecule has 0 amide bonds. The average Bonchev–Trinajstić information content (AvgIpc) is 2.87. The van der Waals surface area contributed by atoms with E-state index in [-0.39, 0.29) is 11.1 Å². The Morgan fingerprint density at radius 2 is 1.67 bits per heavy atom. The molecule has 2 aromatic rings. The molecule has 2 N–H and O–H groups in total. The van der Waals surface area contributed by atoms with Gasteiger partial charge >= 0.3 is 11.9 Å². The largest absolute Gasteiger partial charge is 0.478 e. The van der Waals surface area contributed by atoms with Gasteiger partial charge in [-0.3, -0.25) is 0 Å². The van der Waals surface area contributed by atoms with Crippen molar-refractivity contribution < 1.29 is 19.8 Å². The quantitative estimate of drug-likeness (QED) is 0.873. The molecule has 1 heterocycles. The van der Waals surface area contributed by atoms with Crippen LogP contribution in [0.15, 0.2) is 41.1 Å². The predicted octanol–water partition coefficient (Wildman–Crippen LogP) is 3.14. The molecule has 0 bridgehead atoms. The van der Waals surface area contributed by atoms with Crippen LogP contribution in [0.2, 0.25) is 0 Å². The number of rotatable bonds is 2. The fraction of sp³-hybridized carbons (Fsp3) is 0.0769. The van der Waals surface area contributed by atoms with Crippen molar-refractivity contribution in [2.45, 2.75) is 6.92 Å². The van der Waals surface area contributed by atoms with E-state index in [4.69, 9.17) is 10.2 Å². The Morgan fingerprint density at radius 3 is 2.06 bits per heavy atom. The minimum atomic E-state index is -1.12. The van der Waals surface area contributed by atoms with Gasteiger partial charge in [-0.25, -0.2) is 9.59 Å². The second-order valence-corrected chi connectivity index (χ2v) is 4.25. The zero-order chi connectivity index (χ0) is 13.5. The minimum Gasteiger partial charge on any atom is -0.478 e. The van der Waals surface area contributed by atoms with Gasteiger partial charge in [-0.2, -0.15) is 11.3 Å². The Balaban J connectivity index is 0.000000269. The lowest BCUT2D eigenvalue weighted by molar-refractivity contribution is 0.0695. The molecule has 1 aromatic heterocycles. The number of benzene rings is 1. The van der Waals surface area contributed by atoms with Crippen LogP contribution in [0.3, 0.4) is 0 Å². The van der Waals surface area contributed by atoms with Gasteiger partial charge in [0, 0.05) is 0 Å². The van der Waals surface area contributed by atoms with Crippen molar-refractivity contribution in [2.24, 2.45) is 0 Å². The lowest BCUT2D eigenvalue weighted by atomic mass is 10.1. The predicted molar refractivity (Wildman–Crippen MR) is 69.4 cm³/mol. The number of hydrogen-bond donors (Lipinski definition) is 2. The van der Waals surface area contributed by atoms with Crippen molar-refractivity contribution >= 4 is 23.3 Å². The molecule has 2 rings (SSSR count). The Morgan fingerprint density at radius 1 is 1.06 bits per heavy atom. The molecule has 0 spiro atoms. The number of thiophene rings is 1. The van der Waals surface area contributed by atoms with E-state index in [1.165, 1.54) is 12.1 Å². The van der Waals surface area contributed by atoms with Gasteiger partial charge in [0.25, 0.3) is 0 Å². The van der Waals surface area contributed by atoms with Crippen LogP contribution in [-0.2, 0) is 0 Å². The van der Waals surface area contributed by atoms with Gasteiger partial charge in [0.05, 0.1) is 11.1 Å². The molecule has 0 saturated heterocycles. The molecule has 0 aliphatic carbocycles. The first-order valence-corrected chi connectivity index (χ1v) is 6.01. The standard InChI is InChI=1S/C9H8O4.C4H4S/c1-5-2-3-6(8(10)11)4-7(5)9(12)13;1-2-4-5-3-1/h2-4H,1H3,(H,10,11)(H,12,13);1-4H. The third kappa shape index (κ3) is 4.03. The maximum absolute atomic E-state index is 10.6. The first-order chi connectivity index (χ1) is 8.52. The fourth-order valence-corrected chi connectivity index (χ4v) is 1.67. The second kappa shape index (κ2) is 6.56. The monoisotopic (exact) mass is 264 g/mol. The van der Waals surface area contributed by atoms with Gasteiger partial charge in [-0.05, 0) is 35.4 Å². The molecule has 4 nitrogen and oxygen atoms in total. The van der Waals surface area contributed by atoms with Crippen molar-refractivity contribution in [1.29, 1.82) is 0 Å². The summed E-state index contributed by atoms with van der Waals surface area (Å²) in [6, 6.07) is 8.05. The molecule has 0 atom stereocenters. The summed E-state index contributed by atoms with van der Waals surface area (Å²) >= 11 is 1.71. The van der Waals surface area contributed by atoms with Crippen LogP contribution in [0.25, 0.3) is 0 Å². The van der Waals surface area contributed by atoms with Crippen LogP contribution in [0, 0.1) is 6.92 Å². The van der Waals surface area contributed by atoms with Crippen LogP contribution in [-0.4, -0.2) is 22.2 Å². The van der Waals surface area contributed by atoms with Crippen LogP contribution >= 0.6 is 11.3 Å². The molecule has 0 aliphatic rings. The van der Waals surface area contributed by atoms with Crippen molar-refractivity contribution in [3.8, 4) is 0 Å². The SMILES string of the molecule is Cc1ccc(C(=O)O)cc1C(=O)O.c1ccsc1. The molecule has 1 aromatic carbocycles. The molecular weight excluding hydrogens is 252 g/mol. The third-order valence-electron chi connectivity index (χ3n) is 2.14. The van der Waals surface area contributed by atoms with Crippen molar-refractivity contribution in [3.63, 3.8) is 0 Å². The van der Waals surface area contributed by atoms with Gasteiger partial charge in [0.1, 0.15) is 0 Å². The smallest absolute Gasteiger partial charge is 0.335 e. The number of hydrogen-bond acceptors (Lipinski definition) is 3. The summed E-state index contributed by atoms with van der Waals surface area (Å²) in [6.45, 7) is 1.62. The summed E-state index contributed by atoms with van der Waals surface area (Å²) in [4.78, 5) is 21.1. The van der Waals surface area contributed by atoms with Crippen LogP contribution in [0.1, 0.15) is 26.3 Å². The number of carboxylic acids is 2. The van der Waals surface area contributed by atoms with Gasteiger partial charge < -0.3 is 10.2 Å². The van der Waals surface area contributed by atoms with Gasteiger partial charge in [-0.15, -0.1) is 0 Å². The summed E-state index contributed by atoms with van der Waals surface area (Å²) < 4.78 is 0. The summed E-state index contributed by atoms with van der Waals surface area (Å²) in [6.07, 6.45) is 0. The van der Waals surface area contributed by atoms with E-state index in [9.17, 15) is 9.59 Å². The molecule has 18 heavy (non-hydrogen) atoms. The van der Waals surface area contributed by atoms with Crippen LogP contribution in [0.5, 0.6) is 0 Å². The first-order valence-electron chi connectivity index (χ1n) is 5.06. The molecule has 94 valence electrons. The van der Waals surface area contributed by atoms with E-state index >= 15 is 0 Å². The lowest BCUT2D eigenvalue weighted by Gasteiger charge is -2.01. The molecule has 5 heteroatoms. The first kappa shape index (κ1) is 13.9. The van der Waals surface area contributed by atoms with E-state index in [0.29, 0.717) is 5.56 Å². The highest BCUT2D eigenvalue weighted by atomic mass is 32.1. The number of carboxylic acid groups (broad SMARTS) is 2. The molecular formula is C13H12O4S. The summed E-state index contributed by atoms with van der Waals surface area (Å²) in [5, 5.41) is 21.4. The molecule has 0 fully saturated rings. The van der Waals surface area contributed by atoms with E-state index < -0.39 is 11.9 Å². The fourth-order valence-electron chi connectivity index (χ4n) is 1.21. The van der Waals surface area contributed by atoms with Gasteiger partial charge in [-0.1, -0.05) is 18.2 Å². The average molecular weight is 264 g/mol.